The molecular weight excluding hydrogens is 212 g/mol. The number of nitrogens with zero attached hydrogens (tertiary/aromatic N) is 2. The summed E-state index contributed by atoms with van der Waals surface area (Å²) in [6.45, 7) is 3.16. The van der Waals surface area contributed by atoms with Crippen LogP contribution in [0.15, 0.2) is 12.4 Å². The van der Waals surface area contributed by atoms with Crippen molar-refractivity contribution in [1.82, 2.24) is 15.2 Å². The molecule has 0 bridgehead atoms. The lowest BCUT2D eigenvalue weighted by atomic mass is 9.91. The molecule has 3 rings (SSSR count). The van der Waals surface area contributed by atoms with Gasteiger partial charge in [-0.3, -0.25) is 16.0 Å². The van der Waals surface area contributed by atoms with E-state index in [0.717, 1.165) is 24.8 Å². The number of hydrazine groups is 1. The van der Waals surface area contributed by atoms with E-state index in [9.17, 15) is 0 Å². The Morgan fingerprint density at radius 2 is 2.24 bits per heavy atom. The van der Waals surface area contributed by atoms with Crippen molar-refractivity contribution in [2.24, 2.45) is 23.6 Å². The predicted octanol–water partition coefficient (Wildman–Crippen LogP) is 1.84. The van der Waals surface area contributed by atoms with E-state index in [4.69, 9.17) is 5.84 Å². The second-order valence-corrected chi connectivity index (χ2v) is 5.67. The van der Waals surface area contributed by atoms with Crippen molar-refractivity contribution >= 4 is 0 Å². The van der Waals surface area contributed by atoms with Crippen LogP contribution in [0.2, 0.25) is 0 Å². The van der Waals surface area contributed by atoms with E-state index in [1.165, 1.54) is 24.8 Å². The van der Waals surface area contributed by atoms with Gasteiger partial charge in [-0.1, -0.05) is 6.92 Å². The third-order valence-corrected chi connectivity index (χ3v) is 4.40. The summed E-state index contributed by atoms with van der Waals surface area (Å²) in [7, 11) is 0. The molecule has 1 aromatic heterocycles. The van der Waals surface area contributed by atoms with Gasteiger partial charge in [0.15, 0.2) is 0 Å². The predicted molar refractivity (Wildman–Crippen MR) is 66.9 cm³/mol. The molecule has 2 saturated carbocycles. The first-order valence-corrected chi connectivity index (χ1v) is 6.80. The second-order valence-electron chi connectivity index (χ2n) is 5.67. The molecule has 3 N–H and O–H groups in total. The average Bonchev–Trinajstić information content (AvgIpc) is 2.77. The third-order valence-electron chi connectivity index (χ3n) is 4.40. The van der Waals surface area contributed by atoms with Crippen LogP contribution in [-0.2, 0) is 6.54 Å². The standard InChI is InChI=1S/C13H22N4/c1-2-3-17-8-12(7-15-17)13(16-14)11-5-9-4-10(9)6-11/h7-11,13,16H,2-6,14H2,1H3. The first kappa shape index (κ1) is 11.2. The Morgan fingerprint density at radius 3 is 2.88 bits per heavy atom. The highest BCUT2D eigenvalue weighted by atomic mass is 15.3. The van der Waals surface area contributed by atoms with E-state index >= 15 is 0 Å². The lowest BCUT2D eigenvalue weighted by Gasteiger charge is -2.22. The molecule has 4 nitrogen and oxygen atoms in total. The average molecular weight is 234 g/mol. The zero-order valence-electron chi connectivity index (χ0n) is 10.5. The zero-order valence-corrected chi connectivity index (χ0v) is 10.5. The topological polar surface area (TPSA) is 55.9 Å². The summed E-state index contributed by atoms with van der Waals surface area (Å²) >= 11 is 0. The van der Waals surface area contributed by atoms with Crippen LogP contribution >= 0.6 is 0 Å². The van der Waals surface area contributed by atoms with Crippen LogP contribution in [0.5, 0.6) is 0 Å². The van der Waals surface area contributed by atoms with Crippen molar-refractivity contribution in [3.63, 3.8) is 0 Å². The van der Waals surface area contributed by atoms with Crippen molar-refractivity contribution in [2.75, 3.05) is 0 Å². The quantitative estimate of drug-likeness (QED) is 0.604. The molecule has 3 unspecified atom stereocenters. The van der Waals surface area contributed by atoms with Gasteiger partial charge >= 0.3 is 0 Å². The Hall–Kier alpha value is -0.870. The fourth-order valence-corrected chi connectivity index (χ4v) is 3.43. The Kier molecular flexibility index (Phi) is 2.92. The number of hydrogen-bond donors (Lipinski definition) is 2. The van der Waals surface area contributed by atoms with Crippen molar-refractivity contribution in [1.29, 1.82) is 0 Å². The summed E-state index contributed by atoms with van der Waals surface area (Å²) in [6.07, 6.45) is 9.40. The lowest BCUT2D eigenvalue weighted by molar-refractivity contribution is 0.345. The van der Waals surface area contributed by atoms with Gasteiger partial charge in [-0.15, -0.1) is 0 Å². The molecule has 0 aliphatic heterocycles. The monoisotopic (exact) mass is 234 g/mol. The summed E-state index contributed by atoms with van der Waals surface area (Å²) in [5.74, 6) is 8.46. The van der Waals surface area contributed by atoms with Gasteiger partial charge in [0.25, 0.3) is 0 Å². The SMILES string of the molecule is CCCn1cc(C(NN)C2CC3CC3C2)cn1. The minimum Gasteiger partial charge on any atom is -0.272 e. The van der Waals surface area contributed by atoms with E-state index in [0.29, 0.717) is 12.0 Å². The van der Waals surface area contributed by atoms with E-state index in [-0.39, 0.29) is 0 Å². The number of rotatable bonds is 5. The van der Waals surface area contributed by atoms with E-state index < -0.39 is 0 Å². The van der Waals surface area contributed by atoms with Crippen LogP contribution in [0.4, 0.5) is 0 Å². The minimum absolute atomic E-state index is 0.299. The summed E-state index contributed by atoms with van der Waals surface area (Å²) < 4.78 is 2.02. The van der Waals surface area contributed by atoms with E-state index in [2.05, 4.69) is 23.6 Å². The van der Waals surface area contributed by atoms with Gasteiger partial charge in [-0.05, 0) is 43.4 Å². The largest absolute Gasteiger partial charge is 0.272 e. The molecule has 0 spiro atoms. The van der Waals surface area contributed by atoms with Crippen LogP contribution in [0.1, 0.15) is 44.2 Å². The maximum atomic E-state index is 5.74. The summed E-state index contributed by atoms with van der Waals surface area (Å²) in [5, 5.41) is 4.40. The van der Waals surface area contributed by atoms with Crippen molar-refractivity contribution in [2.45, 2.75) is 45.2 Å². The lowest BCUT2D eigenvalue weighted by Crippen LogP contribution is -2.33. The number of hydrogen-bond acceptors (Lipinski definition) is 3. The zero-order chi connectivity index (χ0) is 11.8. The highest BCUT2D eigenvalue weighted by Gasteiger charge is 2.48. The normalized spacial score (nSPS) is 32.5. The highest BCUT2D eigenvalue weighted by molar-refractivity contribution is 5.14. The van der Waals surface area contributed by atoms with Crippen molar-refractivity contribution in [3.05, 3.63) is 18.0 Å². The van der Waals surface area contributed by atoms with Gasteiger partial charge in [-0.25, -0.2) is 0 Å². The Bertz CT molecular complexity index is 377. The fourth-order valence-electron chi connectivity index (χ4n) is 3.43. The number of nitrogens with two attached hydrogens (primary N) is 1. The first-order chi connectivity index (χ1) is 8.31. The number of aromatic nitrogens is 2. The number of nitrogens with one attached hydrogen (secondary N) is 1. The maximum Gasteiger partial charge on any atom is 0.0538 e. The van der Waals surface area contributed by atoms with Gasteiger partial charge < -0.3 is 0 Å². The summed E-state index contributed by atoms with van der Waals surface area (Å²) in [5.41, 5.74) is 4.26. The van der Waals surface area contributed by atoms with E-state index in [1.54, 1.807) is 0 Å². The van der Waals surface area contributed by atoms with Crippen molar-refractivity contribution < 1.29 is 0 Å². The molecular formula is C13H22N4. The first-order valence-electron chi connectivity index (χ1n) is 6.80. The molecule has 1 aromatic rings. The van der Waals surface area contributed by atoms with Crippen LogP contribution in [-0.4, -0.2) is 9.78 Å². The molecule has 0 radical (unpaired) electrons. The molecule has 0 saturated heterocycles. The van der Waals surface area contributed by atoms with E-state index in [1.807, 2.05) is 10.9 Å². The van der Waals surface area contributed by atoms with Crippen LogP contribution in [0, 0.1) is 17.8 Å². The fraction of sp³-hybridized carbons (Fsp3) is 0.769. The molecule has 17 heavy (non-hydrogen) atoms. The summed E-state index contributed by atoms with van der Waals surface area (Å²) in [4.78, 5) is 0. The molecule has 0 amide bonds. The summed E-state index contributed by atoms with van der Waals surface area (Å²) in [6, 6.07) is 0.299. The molecule has 2 aliphatic carbocycles. The molecule has 3 atom stereocenters. The number of aryl methyl sites for hydroxylation is 1. The maximum absolute atomic E-state index is 5.74. The van der Waals surface area contributed by atoms with Crippen LogP contribution in [0.3, 0.4) is 0 Å². The van der Waals surface area contributed by atoms with Crippen LogP contribution in [0.25, 0.3) is 0 Å². The smallest absolute Gasteiger partial charge is 0.0538 e. The van der Waals surface area contributed by atoms with Gasteiger partial charge in [0, 0.05) is 18.3 Å². The highest BCUT2D eigenvalue weighted by Crippen LogP contribution is 2.56. The third kappa shape index (κ3) is 2.11. The molecule has 1 heterocycles. The van der Waals surface area contributed by atoms with Gasteiger partial charge in [0.05, 0.1) is 12.2 Å². The molecule has 2 fully saturated rings. The van der Waals surface area contributed by atoms with Gasteiger partial charge in [0.2, 0.25) is 0 Å². The van der Waals surface area contributed by atoms with Gasteiger partial charge in [-0.2, -0.15) is 5.10 Å². The van der Waals surface area contributed by atoms with Crippen molar-refractivity contribution in [3.8, 4) is 0 Å². The Balaban J connectivity index is 1.70. The molecule has 4 heteroatoms. The molecule has 0 aromatic carbocycles. The Labute approximate surface area is 103 Å². The number of fused-ring (bicyclic) bond motifs is 1. The van der Waals surface area contributed by atoms with Crippen LogP contribution < -0.4 is 11.3 Å². The second kappa shape index (κ2) is 4.42. The molecule has 2 aliphatic rings. The van der Waals surface area contributed by atoms with Gasteiger partial charge in [0.1, 0.15) is 0 Å². The molecule has 94 valence electrons. The Morgan fingerprint density at radius 1 is 1.47 bits per heavy atom. The minimum atomic E-state index is 0.299.